The van der Waals surface area contributed by atoms with Gasteiger partial charge < -0.3 is 25.2 Å². The van der Waals surface area contributed by atoms with E-state index < -0.39 is 17.6 Å². The van der Waals surface area contributed by atoms with E-state index in [2.05, 4.69) is 34.9 Å². The van der Waals surface area contributed by atoms with Crippen LogP contribution in [-0.4, -0.2) is 55.5 Å². The van der Waals surface area contributed by atoms with Crippen LogP contribution in [0, 0.1) is 11.8 Å². The third-order valence-electron chi connectivity index (χ3n) is 7.15. The summed E-state index contributed by atoms with van der Waals surface area (Å²) in [5.41, 5.74) is 3.12. The second-order valence-electron chi connectivity index (χ2n) is 9.56. The SMILES string of the molecule is COCC(C)(NC(=O)[C@H]1CCC[C@H]1CNC(=O)OCC1c2ccccc2-c2ccccc21)C(=O)O. The highest BCUT2D eigenvalue weighted by Crippen LogP contribution is 2.44. The molecule has 1 fully saturated rings. The zero-order valence-electron chi connectivity index (χ0n) is 20.1. The molecule has 4 rings (SSSR count). The maximum Gasteiger partial charge on any atom is 0.407 e. The fourth-order valence-electron chi connectivity index (χ4n) is 5.29. The van der Waals surface area contributed by atoms with Crippen molar-refractivity contribution in [3.05, 3.63) is 59.7 Å². The number of amides is 2. The van der Waals surface area contributed by atoms with Gasteiger partial charge in [0, 0.05) is 25.5 Å². The molecule has 0 bridgehead atoms. The summed E-state index contributed by atoms with van der Waals surface area (Å²) in [6, 6.07) is 16.3. The van der Waals surface area contributed by atoms with Gasteiger partial charge in [-0.15, -0.1) is 0 Å². The van der Waals surface area contributed by atoms with Crippen LogP contribution in [0.3, 0.4) is 0 Å². The lowest BCUT2D eigenvalue weighted by atomic mass is 9.93. The first-order valence-corrected chi connectivity index (χ1v) is 12.0. The highest BCUT2D eigenvalue weighted by molar-refractivity contribution is 5.88. The van der Waals surface area contributed by atoms with E-state index >= 15 is 0 Å². The molecule has 0 aromatic heterocycles. The van der Waals surface area contributed by atoms with Crippen molar-refractivity contribution in [3.8, 4) is 11.1 Å². The minimum atomic E-state index is -1.50. The van der Waals surface area contributed by atoms with E-state index in [1.54, 1.807) is 0 Å². The van der Waals surface area contributed by atoms with Gasteiger partial charge >= 0.3 is 12.1 Å². The van der Waals surface area contributed by atoms with Crippen LogP contribution >= 0.6 is 0 Å². The fourth-order valence-corrected chi connectivity index (χ4v) is 5.29. The number of carboxylic acid groups (broad SMARTS) is 1. The summed E-state index contributed by atoms with van der Waals surface area (Å²) in [5.74, 6) is -1.97. The fraction of sp³-hybridized carbons (Fsp3) is 0.444. The number of carbonyl (C=O) groups excluding carboxylic acids is 2. The molecule has 2 aromatic carbocycles. The molecule has 8 heteroatoms. The van der Waals surface area contributed by atoms with E-state index in [9.17, 15) is 19.5 Å². The topological polar surface area (TPSA) is 114 Å². The third kappa shape index (κ3) is 5.17. The van der Waals surface area contributed by atoms with Crippen LogP contribution in [0.15, 0.2) is 48.5 Å². The molecule has 0 heterocycles. The van der Waals surface area contributed by atoms with E-state index in [0.717, 1.165) is 24.0 Å². The Labute approximate surface area is 205 Å². The molecule has 2 aromatic rings. The van der Waals surface area contributed by atoms with Crippen molar-refractivity contribution < 1.29 is 29.0 Å². The highest BCUT2D eigenvalue weighted by atomic mass is 16.5. The zero-order chi connectivity index (χ0) is 25.0. The molecule has 0 spiro atoms. The van der Waals surface area contributed by atoms with Gasteiger partial charge in [0.2, 0.25) is 5.91 Å². The van der Waals surface area contributed by atoms with Gasteiger partial charge in [-0.05, 0) is 47.9 Å². The van der Waals surface area contributed by atoms with Crippen molar-refractivity contribution >= 4 is 18.0 Å². The smallest absolute Gasteiger partial charge is 0.407 e. The molecular weight excluding hydrogens is 448 g/mol. The number of benzene rings is 2. The van der Waals surface area contributed by atoms with Crippen molar-refractivity contribution in [1.82, 2.24) is 10.6 Å². The number of hydrogen-bond acceptors (Lipinski definition) is 5. The molecule has 2 aliphatic rings. The second-order valence-corrected chi connectivity index (χ2v) is 9.56. The lowest BCUT2D eigenvalue weighted by Gasteiger charge is -2.28. The van der Waals surface area contributed by atoms with E-state index in [1.165, 1.54) is 25.2 Å². The van der Waals surface area contributed by atoms with Gasteiger partial charge in [0.1, 0.15) is 6.61 Å². The van der Waals surface area contributed by atoms with E-state index in [4.69, 9.17) is 9.47 Å². The molecular formula is C27H32N2O6. The first kappa shape index (κ1) is 24.7. The number of hydrogen-bond donors (Lipinski definition) is 3. The van der Waals surface area contributed by atoms with Crippen molar-refractivity contribution in [3.63, 3.8) is 0 Å². The van der Waals surface area contributed by atoms with Gasteiger partial charge in [0.05, 0.1) is 6.61 Å². The number of aliphatic carboxylic acids is 1. The molecule has 0 aliphatic heterocycles. The van der Waals surface area contributed by atoms with Crippen LogP contribution in [0.4, 0.5) is 4.79 Å². The molecule has 2 amide bonds. The molecule has 2 aliphatic carbocycles. The maximum atomic E-state index is 12.9. The third-order valence-corrected chi connectivity index (χ3v) is 7.15. The Morgan fingerprint density at radius 3 is 2.26 bits per heavy atom. The summed E-state index contributed by atoms with van der Waals surface area (Å²) < 4.78 is 10.6. The van der Waals surface area contributed by atoms with Crippen molar-refractivity contribution in [2.75, 3.05) is 26.9 Å². The number of carboxylic acids is 1. The molecule has 8 nitrogen and oxygen atoms in total. The number of methoxy groups -OCH3 is 1. The number of fused-ring (bicyclic) bond motifs is 3. The van der Waals surface area contributed by atoms with Crippen molar-refractivity contribution in [2.24, 2.45) is 11.8 Å². The maximum absolute atomic E-state index is 12.9. The van der Waals surface area contributed by atoms with Crippen molar-refractivity contribution in [2.45, 2.75) is 37.6 Å². The predicted octanol–water partition coefficient (Wildman–Crippen LogP) is 3.55. The number of ether oxygens (including phenoxy) is 2. The summed E-state index contributed by atoms with van der Waals surface area (Å²) >= 11 is 0. The Morgan fingerprint density at radius 1 is 1.03 bits per heavy atom. The molecule has 186 valence electrons. The summed E-state index contributed by atoms with van der Waals surface area (Å²) in [5, 5.41) is 14.9. The van der Waals surface area contributed by atoms with E-state index in [-0.39, 0.29) is 36.9 Å². The van der Waals surface area contributed by atoms with Crippen LogP contribution < -0.4 is 10.6 Å². The zero-order valence-corrected chi connectivity index (χ0v) is 20.1. The summed E-state index contributed by atoms with van der Waals surface area (Å²) in [4.78, 5) is 37.0. The first-order chi connectivity index (χ1) is 16.8. The largest absolute Gasteiger partial charge is 0.479 e. The van der Waals surface area contributed by atoms with Crippen LogP contribution in [0.25, 0.3) is 11.1 Å². The predicted molar refractivity (Wildman–Crippen MR) is 130 cm³/mol. The summed E-state index contributed by atoms with van der Waals surface area (Å²) in [6.07, 6.45) is 1.73. The van der Waals surface area contributed by atoms with Crippen LogP contribution in [0.2, 0.25) is 0 Å². The normalized spacial score (nSPS) is 20.4. The van der Waals surface area contributed by atoms with E-state index in [1.807, 2.05) is 24.3 Å². The molecule has 1 unspecified atom stereocenters. The molecule has 3 atom stereocenters. The second kappa shape index (κ2) is 10.5. The quantitative estimate of drug-likeness (QED) is 0.506. The van der Waals surface area contributed by atoms with Crippen LogP contribution in [0.5, 0.6) is 0 Å². The molecule has 1 saturated carbocycles. The number of alkyl carbamates (subject to hydrolysis) is 1. The average molecular weight is 481 g/mol. The van der Waals surface area contributed by atoms with Gasteiger partial charge in [-0.3, -0.25) is 4.79 Å². The van der Waals surface area contributed by atoms with Crippen LogP contribution in [-0.2, 0) is 19.1 Å². The molecule has 35 heavy (non-hydrogen) atoms. The van der Waals surface area contributed by atoms with Gasteiger partial charge in [0.25, 0.3) is 0 Å². The minimum absolute atomic E-state index is 0.0207. The Bertz CT molecular complexity index is 1060. The lowest BCUT2D eigenvalue weighted by Crippen LogP contribution is -2.57. The summed E-state index contributed by atoms with van der Waals surface area (Å²) in [6.45, 7) is 1.81. The number of rotatable bonds is 9. The monoisotopic (exact) mass is 480 g/mol. The number of carbonyl (C=O) groups is 3. The average Bonchev–Trinajstić information content (AvgIpc) is 3.44. The highest BCUT2D eigenvalue weighted by Gasteiger charge is 2.40. The molecule has 3 N–H and O–H groups in total. The van der Waals surface area contributed by atoms with E-state index in [0.29, 0.717) is 13.0 Å². The van der Waals surface area contributed by atoms with Gasteiger partial charge in [0.15, 0.2) is 5.54 Å². The molecule has 0 radical (unpaired) electrons. The van der Waals surface area contributed by atoms with Gasteiger partial charge in [-0.25, -0.2) is 9.59 Å². The number of nitrogens with one attached hydrogen (secondary N) is 2. The Hall–Kier alpha value is -3.39. The summed E-state index contributed by atoms with van der Waals surface area (Å²) in [7, 11) is 1.39. The van der Waals surface area contributed by atoms with Gasteiger partial charge in [-0.1, -0.05) is 55.0 Å². The Morgan fingerprint density at radius 2 is 1.66 bits per heavy atom. The van der Waals surface area contributed by atoms with Crippen molar-refractivity contribution in [1.29, 1.82) is 0 Å². The van der Waals surface area contributed by atoms with Crippen LogP contribution in [0.1, 0.15) is 43.2 Å². The molecule has 0 saturated heterocycles. The lowest BCUT2D eigenvalue weighted by molar-refractivity contribution is -0.150. The standard InChI is InChI=1S/C27H32N2O6/c1-27(16-34-2,25(31)32)29-24(30)18-13-7-8-17(18)14-28-26(33)35-15-23-21-11-5-3-9-19(21)20-10-4-6-12-22(20)23/h3-6,9-12,17-18,23H,7-8,13-16H2,1-2H3,(H,28,33)(H,29,30)(H,31,32)/t17-,18-,27?/m0/s1. The van der Waals surface area contributed by atoms with Gasteiger partial charge in [-0.2, -0.15) is 0 Å². The Balaban J connectivity index is 1.32. The first-order valence-electron chi connectivity index (χ1n) is 12.0. The minimum Gasteiger partial charge on any atom is -0.479 e. The Kier molecular flexibility index (Phi) is 7.40.